The maximum Gasteiger partial charge on any atom is 0.305 e. The minimum Gasteiger partial charge on any atom is -0.466 e. The van der Waals surface area contributed by atoms with Crippen LogP contribution in [-0.4, -0.2) is 33.3 Å². The molecule has 0 amide bonds. The molecule has 21 heavy (non-hydrogen) atoms. The molecule has 0 fully saturated rings. The van der Waals surface area contributed by atoms with Gasteiger partial charge in [0.25, 0.3) is 0 Å². The van der Waals surface area contributed by atoms with Crippen LogP contribution in [0.25, 0.3) is 0 Å². The molecule has 0 saturated carbocycles. The molecular formula is C15H21NO4S. The summed E-state index contributed by atoms with van der Waals surface area (Å²) < 4.78 is 28.9. The molecule has 0 saturated heterocycles. The maximum atomic E-state index is 12.0. The molecule has 1 N–H and O–H groups in total. The first-order valence-electron chi connectivity index (χ1n) is 7.25. The number of sulfone groups is 1. The number of benzene rings is 1. The largest absolute Gasteiger partial charge is 0.466 e. The van der Waals surface area contributed by atoms with Crippen LogP contribution < -0.4 is 5.32 Å². The molecule has 1 aromatic rings. The minimum atomic E-state index is -3.14. The van der Waals surface area contributed by atoms with Gasteiger partial charge in [0.15, 0.2) is 9.84 Å². The van der Waals surface area contributed by atoms with Crippen LogP contribution in [0.4, 0.5) is 0 Å². The number of carbonyl (C=O) groups is 1. The number of hydrogen-bond acceptors (Lipinski definition) is 5. The van der Waals surface area contributed by atoms with Gasteiger partial charge in [-0.15, -0.1) is 0 Å². The Kier molecular flexibility index (Phi) is 5.36. The van der Waals surface area contributed by atoms with Gasteiger partial charge >= 0.3 is 5.97 Å². The lowest BCUT2D eigenvalue weighted by Gasteiger charge is -2.26. The van der Waals surface area contributed by atoms with E-state index >= 15 is 0 Å². The Balaban J connectivity index is 1.92. The van der Waals surface area contributed by atoms with Gasteiger partial charge in [-0.05, 0) is 37.9 Å². The second-order valence-corrected chi connectivity index (χ2v) is 7.14. The highest BCUT2D eigenvalue weighted by molar-refractivity contribution is 7.91. The molecular weight excluding hydrogens is 290 g/mol. The maximum absolute atomic E-state index is 12.0. The number of rotatable bonds is 6. The Morgan fingerprint density at radius 3 is 2.90 bits per heavy atom. The standard InChI is InChI=1S/C15H21NO4S/c1-2-20-15(17)8-5-10-16-13-9-11-21(18,19)14-7-4-3-6-12(13)14/h3-4,6-7,13,16H,2,5,8-11H2,1H3. The molecule has 6 heteroatoms. The zero-order valence-corrected chi connectivity index (χ0v) is 13.0. The van der Waals surface area contributed by atoms with Gasteiger partial charge in [0.2, 0.25) is 0 Å². The van der Waals surface area contributed by atoms with E-state index in [1.807, 2.05) is 12.1 Å². The lowest BCUT2D eigenvalue weighted by Crippen LogP contribution is -2.30. The highest BCUT2D eigenvalue weighted by Gasteiger charge is 2.29. The summed E-state index contributed by atoms with van der Waals surface area (Å²) in [6.07, 6.45) is 1.64. The molecule has 1 atom stereocenters. The fourth-order valence-electron chi connectivity index (χ4n) is 2.54. The Labute approximate surface area is 125 Å². The number of fused-ring (bicyclic) bond motifs is 1. The van der Waals surface area contributed by atoms with Crippen LogP contribution in [0.3, 0.4) is 0 Å². The third-order valence-electron chi connectivity index (χ3n) is 3.56. The highest BCUT2D eigenvalue weighted by Crippen LogP contribution is 2.31. The average molecular weight is 311 g/mol. The van der Waals surface area contributed by atoms with E-state index in [0.29, 0.717) is 37.3 Å². The zero-order chi connectivity index (χ0) is 15.3. The quantitative estimate of drug-likeness (QED) is 0.641. The summed E-state index contributed by atoms with van der Waals surface area (Å²) >= 11 is 0. The van der Waals surface area contributed by atoms with E-state index in [9.17, 15) is 13.2 Å². The summed E-state index contributed by atoms with van der Waals surface area (Å²) in [5.74, 6) is -0.0227. The predicted molar refractivity (Wildman–Crippen MR) is 79.7 cm³/mol. The van der Waals surface area contributed by atoms with Crippen molar-refractivity contribution in [2.24, 2.45) is 0 Å². The predicted octanol–water partition coefficient (Wildman–Crippen LogP) is 1.84. The fourth-order valence-corrected chi connectivity index (χ4v) is 4.17. The topological polar surface area (TPSA) is 72.5 Å². The van der Waals surface area contributed by atoms with Crippen LogP contribution in [0.1, 0.15) is 37.8 Å². The van der Waals surface area contributed by atoms with Crippen LogP contribution in [-0.2, 0) is 19.4 Å². The van der Waals surface area contributed by atoms with Crippen molar-refractivity contribution >= 4 is 15.8 Å². The lowest BCUT2D eigenvalue weighted by atomic mass is 10.0. The minimum absolute atomic E-state index is 0.0342. The van der Waals surface area contributed by atoms with Crippen LogP contribution in [0.5, 0.6) is 0 Å². The monoisotopic (exact) mass is 311 g/mol. The molecule has 0 aromatic heterocycles. The van der Waals surface area contributed by atoms with Crippen molar-refractivity contribution < 1.29 is 17.9 Å². The van der Waals surface area contributed by atoms with Gasteiger partial charge in [0, 0.05) is 12.5 Å². The van der Waals surface area contributed by atoms with Gasteiger partial charge in [-0.2, -0.15) is 0 Å². The van der Waals surface area contributed by atoms with Gasteiger partial charge in [0.1, 0.15) is 0 Å². The summed E-state index contributed by atoms with van der Waals surface area (Å²) in [4.78, 5) is 11.7. The third kappa shape index (κ3) is 4.04. The summed E-state index contributed by atoms with van der Waals surface area (Å²) in [5.41, 5.74) is 0.833. The molecule has 1 aromatic carbocycles. The van der Waals surface area contributed by atoms with Crippen LogP contribution in [0.2, 0.25) is 0 Å². The molecule has 1 unspecified atom stereocenters. The molecule has 0 bridgehead atoms. The Bertz CT molecular complexity index is 597. The van der Waals surface area contributed by atoms with Crippen molar-refractivity contribution in [1.29, 1.82) is 0 Å². The van der Waals surface area contributed by atoms with Crippen molar-refractivity contribution in [2.75, 3.05) is 18.9 Å². The molecule has 2 rings (SSSR count). The molecule has 116 valence electrons. The van der Waals surface area contributed by atoms with E-state index in [0.717, 1.165) is 5.56 Å². The second kappa shape index (κ2) is 7.04. The SMILES string of the molecule is CCOC(=O)CCCNC1CCS(=O)(=O)c2ccccc21. The van der Waals surface area contributed by atoms with Crippen molar-refractivity contribution in [1.82, 2.24) is 5.32 Å². The van der Waals surface area contributed by atoms with Gasteiger partial charge in [-0.1, -0.05) is 18.2 Å². The molecule has 0 aliphatic carbocycles. The lowest BCUT2D eigenvalue weighted by molar-refractivity contribution is -0.143. The van der Waals surface area contributed by atoms with E-state index in [-0.39, 0.29) is 17.8 Å². The molecule has 1 heterocycles. The zero-order valence-electron chi connectivity index (χ0n) is 12.2. The molecule has 1 aliphatic heterocycles. The highest BCUT2D eigenvalue weighted by atomic mass is 32.2. The van der Waals surface area contributed by atoms with Crippen molar-refractivity contribution in [3.8, 4) is 0 Å². The first-order valence-corrected chi connectivity index (χ1v) is 8.90. The molecule has 1 aliphatic rings. The van der Waals surface area contributed by atoms with Crippen molar-refractivity contribution in [3.63, 3.8) is 0 Å². The molecule has 5 nitrogen and oxygen atoms in total. The van der Waals surface area contributed by atoms with E-state index in [1.165, 1.54) is 0 Å². The van der Waals surface area contributed by atoms with Crippen LogP contribution in [0, 0.1) is 0 Å². The third-order valence-corrected chi connectivity index (χ3v) is 5.37. The number of hydrogen-bond donors (Lipinski definition) is 1. The second-order valence-electron chi connectivity index (χ2n) is 5.06. The van der Waals surface area contributed by atoms with Crippen LogP contribution >= 0.6 is 0 Å². The van der Waals surface area contributed by atoms with Crippen molar-refractivity contribution in [3.05, 3.63) is 29.8 Å². The Morgan fingerprint density at radius 1 is 1.38 bits per heavy atom. The molecule has 0 spiro atoms. The Morgan fingerprint density at radius 2 is 2.14 bits per heavy atom. The van der Waals surface area contributed by atoms with Gasteiger partial charge < -0.3 is 10.1 Å². The first-order chi connectivity index (χ1) is 10.0. The van der Waals surface area contributed by atoms with E-state index in [1.54, 1.807) is 19.1 Å². The van der Waals surface area contributed by atoms with Crippen molar-refractivity contribution in [2.45, 2.75) is 37.1 Å². The normalized spacial score (nSPS) is 19.8. The number of ether oxygens (including phenoxy) is 1. The van der Waals surface area contributed by atoms with Gasteiger partial charge in [0.05, 0.1) is 17.3 Å². The summed E-state index contributed by atoms with van der Waals surface area (Å²) in [6.45, 7) is 2.85. The van der Waals surface area contributed by atoms with Gasteiger partial charge in [-0.25, -0.2) is 8.42 Å². The van der Waals surface area contributed by atoms with Crippen LogP contribution in [0.15, 0.2) is 29.2 Å². The average Bonchev–Trinajstić information content (AvgIpc) is 2.46. The molecule has 0 radical (unpaired) electrons. The number of carbonyl (C=O) groups excluding carboxylic acids is 1. The smallest absolute Gasteiger partial charge is 0.305 e. The summed E-state index contributed by atoms with van der Waals surface area (Å²) in [6, 6.07) is 7.16. The number of nitrogens with one attached hydrogen (secondary N) is 1. The van der Waals surface area contributed by atoms with E-state index in [2.05, 4.69) is 5.32 Å². The first kappa shape index (κ1) is 16.0. The number of esters is 1. The summed E-state index contributed by atoms with van der Waals surface area (Å²) in [7, 11) is -3.14. The Hall–Kier alpha value is -1.40. The van der Waals surface area contributed by atoms with E-state index < -0.39 is 9.84 Å². The summed E-state index contributed by atoms with van der Waals surface area (Å²) in [5, 5.41) is 3.34. The van der Waals surface area contributed by atoms with Gasteiger partial charge in [-0.3, -0.25) is 4.79 Å². The fraction of sp³-hybridized carbons (Fsp3) is 0.533. The van der Waals surface area contributed by atoms with E-state index in [4.69, 9.17) is 4.74 Å².